The topological polar surface area (TPSA) is 43.4 Å². The van der Waals surface area contributed by atoms with Gasteiger partial charge in [0.1, 0.15) is 0 Å². The molecule has 0 aromatic carbocycles. The summed E-state index contributed by atoms with van der Waals surface area (Å²) < 4.78 is 4.60. The summed E-state index contributed by atoms with van der Waals surface area (Å²) in [5, 5.41) is 0. The van der Waals surface area contributed by atoms with Gasteiger partial charge in [-0.05, 0) is 31.8 Å². The molecule has 0 spiro atoms. The van der Waals surface area contributed by atoms with E-state index in [1.54, 1.807) is 6.08 Å². The van der Waals surface area contributed by atoms with Gasteiger partial charge in [-0.25, -0.2) is 0 Å². The molecule has 3 nitrogen and oxygen atoms in total. The number of unbranched alkanes of at least 4 members (excludes halogenated alkanes) is 7. The SMILES string of the molecule is CCCCCC(=O)/C=C\C=C\CCCCCCCC(=O)OC. The highest BCUT2D eigenvalue weighted by Crippen LogP contribution is 2.08. The average molecular weight is 308 g/mol. The molecule has 0 aromatic rings. The molecule has 0 aliphatic heterocycles. The Kier molecular flexibility index (Phi) is 15.0. The van der Waals surface area contributed by atoms with Crippen LogP contribution in [0, 0.1) is 0 Å². The number of methoxy groups -OCH3 is 1. The van der Waals surface area contributed by atoms with E-state index < -0.39 is 0 Å². The summed E-state index contributed by atoms with van der Waals surface area (Å²) in [4.78, 5) is 22.4. The van der Waals surface area contributed by atoms with Crippen LogP contribution in [0.1, 0.15) is 77.6 Å². The first-order chi connectivity index (χ1) is 10.7. The van der Waals surface area contributed by atoms with Crippen LogP contribution >= 0.6 is 0 Å². The van der Waals surface area contributed by atoms with Gasteiger partial charge >= 0.3 is 5.97 Å². The standard InChI is InChI=1S/C19H32O3/c1-3-4-12-15-18(20)16-13-10-8-6-5-7-9-11-14-17-19(21)22-2/h8,10,13,16H,3-7,9,11-12,14-15,17H2,1-2H3/b10-8+,16-13-. The highest BCUT2D eigenvalue weighted by molar-refractivity contribution is 5.89. The molecule has 0 N–H and O–H groups in total. The molecule has 3 heteroatoms. The Morgan fingerprint density at radius 1 is 0.864 bits per heavy atom. The van der Waals surface area contributed by atoms with E-state index in [-0.39, 0.29) is 11.8 Å². The minimum absolute atomic E-state index is 0.112. The molecule has 0 atom stereocenters. The van der Waals surface area contributed by atoms with Crippen LogP contribution in [0.5, 0.6) is 0 Å². The Balaban J connectivity index is 3.40. The number of ketones is 1. The summed E-state index contributed by atoms with van der Waals surface area (Å²) in [6, 6.07) is 0. The van der Waals surface area contributed by atoms with Crippen LogP contribution < -0.4 is 0 Å². The van der Waals surface area contributed by atoms with Crippen LogP contribution in [0.25, 0.3) is 0 Å². The predicted octanol–water partition coefficient (Wildman–Crippen LogP) is 5.15. The van der Waals surface area contributed by atoms with E-state index in [0.29, 0.717) is 12.8 Å². The second-order valence-corrected chi connectivity index (χ2v) is 5.59. The maximum absolute atomic E-state index is 11.5. The van der Waals surface area contributed by atoms with Crippen molar-refractivity contribution in [3.63, 3.8) is 0 Å². The molecule has 0 saturated carbocycles. The lowest BCUT2D eigenvalue weighted by Crippen LogP contribution is -1.98. The fraction of sp³-hybridized carbons (Fsp3) is 0.684. The van der Waals surface area contributed by atoms with Crippen molar-refractivity contribution in [3.8, 4) is 0 Å². The molecule has 0 amide bonds. The van der Waals surface area contributed by atoms with Crippen LogP contribution in [0.4, 0.5) is 0 Å². The normalized spacial score (nSPS) is 11.4. The number of hydrogen-bond donors (Lipinski definition) is 0. The van der Waals surface area contributed by atoms with Gasteiger partial charge in [-0.2, -0.15) is 0 Å². The van der Waals surface area contributed by atoms with Gasteiger partial charge in [0.2, 0.25) is 0 Å². The van der Waals surface area contributed by atoms with E-state index in [9.17, 15) is 9.59 Å². The van der Waals surface area contributed by atoms with Crippen molar-refractivity contribution >= 4 is 11.8 Å². The largest absolute Gasteiger partial charge is 0.469 e. The van der Waals surface area contributed by atoms with Crippen LogP contribution in [0.3, 0.4) is 0 Å². The minimum Gasteiger partial charge on any atom is -0.469 e. The molecule has 0 aliphatic carbocycles. The molecule has 0 aliphatic rings. The van der Waals surface area contributed by atoms with Crippen LogP contribution in [-0.2, 0) is 14.3 Å². The molecular formula is C19H32O3. The van der Waals surface area contributed by atoms with Gasteiger partial charge in [0.25, 0.3) is 0 Å². The Morgan fingerprint density at radius 3 is 2.27 bits per heavy atom. The third kappa shape index (κ3) is 15.0. The molecule has 0 saturated heterocycles. The number of carbonyl (C=O) groups is 2. The van der Waals surface area contributed by atoms with Gasteiger partial charge < -0.3 is 4.74 Å². The van der Waals surface area contributed by atoms with Crippen LogP contribution in [0.2, 0.25) is 0 Å². The number of carbonyl (C=O) groups excluding carboxylic acids is 2. The smallest absolute Gasteiger partial charge is 0.305 e. The number of hydrogen-bond acceptors (Lipinski definition) is 3. The van der Waals surface area contributed by atoms with Gasteiger partial charge in [-0.15, -0.1) is 0 Å². The summed E-state index contributed by atoms with van der Waals surface area (Å²) in [6.45, 7) is 2.14. The second kappa shape index (κ2) is 16.0. The molecule has 0 fully saturated rings. The lowest BCUT2D eigenvalue weighted by atomic mass is 10.1. The summed E-state index contributed by atoms with van der Waals surface area (Å²) >= 11 is 0. The third-order valence-corrected chi connectivity index (χ3v) is 3.54. The van der Waals surface area contributed by atoms with Gasteiger partial charge in [-0.3, -0.25) is 9.59 Å². The highest BCUT2D eigenvalue weighted by Gasteiger charge is 1.98. The number of ether oxygens (including phenoxy) is 1. The van der Waals surface area contributed by atoms with Crippen molar-refractivity contribution in [1.82, 2.24) is 0 Å². The van der Waals surface area contributed by atoms with Crippen molar-refractivity contribution in [2.45, 2.75) is 77.6 Å². The average Bonchev–Trinajstić information content (AvgIpc) is 2.52. The molecule has 0 unspecified atom stereocenters. The first-order valence-corrected chi connectivity index (χ1v) is 8.63. The molecule has 126 valence electrons. The lowest BCUT2D eigenvalue weighted by molar-refractivity contribution is -0.140. The second-order valence-electron chi connectivity index (χ2n) is 5.59. The maximum atomic E-state index is 11.5. The monoisotopic (exact) mass is 308 g/mol. The fourth-order valence-electron chi connectivity index (χ4n) is 2.13. The minimum atomic E-state index is -0.112. The zero-order valence-corrected chi connectivity index (χ0v) is 14.3. The van der Waals surface area contributed by atoms with Crippen LogP contribution in [-0.4, -0.2) is 18.9 Å². The quantitative estimate of drug-likeness (QED) is 0.193. The number of esters is 1. The van der Waals surface area contributed by atoms with Crippen LogP contribution in [0.15, 0.2) is 24.3 Å². The Labute approximate surface area is 135 Å². The van der Waals surface area contributed by atoms with Gasteiger partial charge in [0.15, 0.2) is 5.78 Å². The van der Waals surface area contributed by atoms with Gasteiger partial charge in [0, 0.05) is 12.8 Å². The van der Waals surface area contributed by atoms with Crippen molar-refractivity contribution < 1.29 is 14.3 Å². The molecule has 22 heavy (non-hydrogen) atoms. The van der Waals surface area contributed by atoms with E-state index in [1.807, 2.05) is 12.2 Å². The van der Waals surface area contributed by atoms with Crippen molar-refractivity contribution in [2.24, 2.45) is 0 Å². The fourth-order valence-corrected chi connectivity index (χ4v) is 2.13. The first-order valence-electron chi connectivity index (χ1n) is 8.63. The molecule has 0 rings (SSSR count). The predicted molar refractivity (Wildman–Crippen MR) is 91.8 cm³/mol. The van der Waals surface area contributed by atoms with E-state index >= 15 is 0 Å². The highest BCUT2D eigenvalue weighted by atomic mass is 16.5. The van der Waals surface area contributed by atoms with Crippen molar-refractivity contribution in [2.75, 3.05) is 7.11 Å². The molecule has 0 radical (unpaired) electrons. The molecule has 0 aromatic heterocycles. The third-order valence-electron chi connectivity index (χ3n) is 3.54. The Morgan fingerprint density at radius 2 is 1.55 bits per heavy atom. The van der Waals surface area contributed by atoms with E-state index in [1.165, 1.54) is 13.5 Å². The Hall–Kier alpha value is -1.38. The summed E-state index contributed by atoms with van der Waals surface area (Å²) in [7, 11) is 1.43. The number of rotatable bonds is 14. The zero-order chi connectivity index (χ0) is 16.5. The van der Waals surface area contributed by atoms with E-state index in [4.69, 9.17) is 0 Å². The number of allylic oxidation sites excluding steroid dienone is 4. The van der Waals surface area contributed by atoms with Gasteiger partial charge in [0.05, 0.1) is 7.11 Å². The summed E-state index contributed by atoms with van der Waals surface area (Å²) in [6.07, 6.45) is 18.7. The Bertz CT molecular complexity index is 343. The first kappa shape index (κ1) is 20.6. The molecule has 0 heterocycles. The summed E-state index contributed by atoms with van der Waals surface area (Å²) in [5.74, 6) is 0.114. The molecular weight excluding hydrogens is 276 g/mol. The molecule has 0 bridgehead atoms. The van der Waals surface area contributed by atoms with Gasteiger partial charge in [-0.1, -0.05) is 57.3 Å². The maximum Gasteiger partial charge on any atom is 0.305 e. The summed E-state index contributed by atoms with van der Waals surface area (Å²) in [5.41, 5.74) is 0. The van der Waals surface area contributed by atoms with Crippen molar-refractivity contribution in [1.29, 1.82) is 0 Å². The van der Waals surface area contributed by atoms with E-state index in [2.05, 4.69) is 17.7 Å². The van der Waals surface area contributed by atoms with E-state index in [0.717, 1.165) is 51.4 Å². The zero-order valence-electron chi connectivity index (χ0n) is 14.3. The lowest BCUT2D eigenvalue weighted by Gasteiger charge is -1.99. The van der Waals surface area contributed by atoms with Crippen molar-refractivity contribution in [3.05, 3.63) is 24.3 Å².